The van der Waals surface area contributed by atoms with E-state index in [1.54, 1.807) is 18.2 Å². The zero-order valence-corrected chi connectivity index (χ0v) is 14.3. The van der Waals surface area contributed by atoms with E-state index in [-0.39, 0.29) is 17.3 Å². The van der Waals surface area contributed by atoms with E-state index in [1.165, 1.54) is 19.1 Å². The Bertz CT molecular complexity index is 818. The van der Waals surface area contributed by atoms with Crippen LogP contribution >= 0.6 is 11.6 Å². The summed E-state index contributed by atoms with van der Waals surface area (Å²) in [5, 5.41) is 3.18. The molecule has 0 saturated carbocycles. The Balaban J connectivity index is 2.09. The Kier molecular flexibility index (Phi) is 5.41. The number of nitrogens with one attached hydrogen (secondary N) is 2. The topological polar surface area (TPSA) is 75.3 Å². The van der Waals surface area contributed by atoms with Crippen LogP contribution in [-0.4, -0.2) is 14.3 Å². The van der Waals surface area contributed by atoms with E-state index >= 15 is 0 Å². The maximum absolute atomic E-state index is 12.3. The van der Waals surface area contributed by atoms with Crippen molar-refractivity contribution in [1.29, 1.82) is 0 Å². The molecule has 0 fully saturated rings. The molecule has 0 aliphatic carbocycles. The highest BCUT2D eigenvalue weighted by Gasteiger charge is 2.13. The number of amides is 1. The molecule has 2 aromatic carbocycles. The number of halogens is 1. The molecular weight excluding hydrogens is 336 g/mol. The minimum absolute atomic E-state index is 0.129. The van der Waals surface area contributed by atoms with Gasteiger partial charge in [-0.15, -0.1) is 0 Å². The first kappa shape index (κ1) is 17.5. The van der Waals surface area contributed by atoms with E-state index in [9.17, 15) is 13.2 Å². The predicted octanol–water partition coefficient (Wildman–Crippen LogP) is 3.09. The molecule has 2 rings (SSSR count). The van der Waals surface area contributed by atoms with Gasteiger partial charge in [0, 0.05) is 24.2 Å². The number of carbonyl (C=O) groups is 1. The molecule has 5 nitrogen and oxygen atoms in total. The van der Waals surface area contributed by atoms with E-state index in [4.69, 9.17) is 11.6 Å². The Morgan fingerprint density at radius 2 is 1.78 bits per heavy atom. The molecule has 0 heterocycles. The van der Waals surface area contributed by atoms with Crippen LogP contribution in [0.1, 0.15) is 18.1 Å². The molecule has 7 heteroatoms. The zero-order valence-electron chi connectivity index (χ0n) is 12.8. The van der Waals surface area contributed by atoms with Crippen LogP contribution < -0.4 is 10.0 Å². The summed E-state index contributed by atoms with van der Waals surface area (Å²) >= 11 is 6.03. The summed E-state index contributed by atoms with van der Waals surface area (Å²) in [5.41, 5.74) is 2.26. The second kappa shape index (κ2) is 7.12. The minimum atomic E-state index is -3.63. The highest BCUT2D eigenvalue weighted by molar-refractivity contribution is 7.89. The summed E-state index contributed by atoms with van der Waals surface area (Å²) in [6.45, 7) is 3.42. The number of aryl methyl sites for hydroxylation is 1. The van der Waals surface area contributed by atoms with Crippen LogP contribution in [0.2, 0.25) is 5.02 Å². The lowest BCUT2D eigenvalue weighted by atomic mass is 10.1. The van der Waals surface area contributed by atoms with E-state index in [0.29, 0.717) is 10.7 Å². The molecule has 0 atom stereocenters. The average Bonchev–Trinajstić information content (AvgIpc) is 2.48. The summed E-state index contributed by atoms with van der Waals surface area (Å²) in [4.78, 5) is 11.1. The molecule has 0 bridgehead atoms. The molecular formula is C16H17ClN2O3S. The Hall–Kier alpha value is -1.89. The quantitative estimate of drug-likeness (QED) is 0.868. The molecule has 0 aliphatic rings. The van der Waals surface area contributed by atoms with Gasteiger partial charge in [0.05, 0.1) is 4.90 Å². The summed E-state index contributed by atoms with van der Waals surface area (Å²) < 4.78 is 27.0. The third-order valence-corrected chi connectivity index (χ3v) is 5.01. The van der Waals surface area contributed by atoms with Gasteiger partial charge in [0.2, 0.25) is 15.9 Å². The van der Waals surface area contributed by atoms with Crippen molar-refractivity contribution in [3.63, 3.8) is 0 Å². The van der Waals surface area contributed by atoms with E-state index < -0.39 is 10.0 Å². The van der Waals surface area contributed by atoms with Crippen LogP contribution in [0.15, 0.2) is 47.4 Å². The number of carbonyl (C=O) groups excluding carboxylic acids is 1. The Morgan fingerprint density at radius 3 is 2.35 bits per heavy atom. The maximum atomic E-state index is 12.3. The van der Waals surface area contributed by atoms with Crippen LogP contribution in [-0.2, 0) is 21.4 Å². The number of hydrogen-bond acceptors (Lipinski definition) is 3. The molecule has 0 aromatic heterocycles. The molecule has 23 heavy (non-hydrogen) atoms. The molecule has 1 amide bonds. The van der Waals surface area contributed by atoms with Crippen LogP contribution in [0, 0.1) is 6.92 Å². The predicted molar refractivity (Wildman–Crippen MR) is 91.0 cm³/mol. The first-order valence-corrected chi connectivity index (χ1v) is 8.76. The molecule has 122 valence electrons. The zero-order chi connectivity index (χ0) is 17.0. The fraction of sp³-hybridized carbons (Fsp3) is 0.188. The van der Waals surface area contributed by atoms with Gasteiger partial charge in [-0.1, -0.05) is 23.7 Å². The summed E-state index contributed by atoms with van der Waals surface area (Å²) in [6.07, 6.45) is 0. The van der Waals surface area contributed by atoms with Crippen molar-refractivity contribution in [2.45, 2.75) is 25.3 Å². The lowest BCUT2D eigenvalue weighted by molar-refractivity contribution is -0.114. The standard InChI is InChI=1S/C16H17ClN2O3S/c1-11-3-4-13(9-16(11)17)10-18-23(21,22)15-7-5-14(6-8-15)19-12(2)20/h3-9,18H,10H2,1-2H3,(H,19,20). The fourth-order valence-electron chi connectivity index (χ4n) is 1.93. The van der Waals surface area contributed by atoms with Gasteiger partial charge < -0.3 is 5.32 Å². The van der Waals surface area contributed by atoms with Crippen LogP contribution in [0.25, 0.3) is 0 Å². The van der Waals surface area contributed by atoms with E-state index in [2.05, 4.69) is 10.0 Å². The Labute approximate surface area is 140 Å². The smallest absolute Gasteiger partial charge is 0.240 e. The van der Waals surface area contributed by atoms with Crippen LogP contribution in [0.5, 0.6) is 0 Å². The highest BCUT2D eigenvalue weighted by Crippen LogP contribution is 2.18. The van der Waals surface area contributed by atoms with Gasteiger partial charge in [0.15, 0.2) is 0 Å². The second-order valence-electron chi connectivity index (χ2n) is 5.11. The lowest BCUT2D eigenvalue weighted by Gasteiger charge is -2.09. The van der Waals surface area contributed by atoms with Gasteiger partial charge in [-0.25, -0.2) is 13.1 Å². The van der Waals surface area contributed by atoms with Crippen molar-refractivity contribution in [1.82, 2.24) is 4.72 Å². The highest BCUT2D eigenvalue weighted by atomic mass is 35.5. The average molecular weight is 353 g/mol. The number of benzene rings is 2. The number of anilines is 1. The first-order valence-electron chi connectivity index (χ1n) is 6.90. The van der Waals surface area contributed by atoms with Crippen molar-refractivity contribution in [2.24, 2.45) is 0 Å². The molecule has 2 aromatic rings. The van der Waals surface area contributed by atoms with Gasteiger partial charge in [-0.3, -0.25) is 4.79 Å². The summed E-state index contributed by atoms with van der Waals surface area (Å²) in [6, 6.07) is 11.4. The normalized spacial score (nSPS) is 11.3. The molecule has 0 aliphatic heterocycles. The van der Waals surface area contributed by atoms with E-state index in [1.807, 2.05) is 19.1 Å². The first-order chi connectivity index (χ1) is 10.8. The number of sulfonamides is 1. The molecule has 0 radical (unpaired) electrons. The summed E-state index contributed by atoms with van der Waals surface area (Å²) in [7, 11) is -3.63. The number of hydrogen-bond donors (Lipinski definition) is 2. The van der Waals surface area contributed by atoms with Crippen LogP contribution in [0.3, 0.4) is 0 Å². The lowest BCUT2D eigenvalue weighted by Crippen LogP contribution is -2.23. The molecule has 0 saturated heterocycles. The van der Waals surface area contributed by atoms with Crippen molar-refractivity contribution < 1.29 is 13.2 Å². The van der Waals surface area contributed by atoms with E-state index in [0.717, 1.165) is 11.1 Å². The third kappa shape index (κ3) is 4.79. The van der Waals surface area contributed by atoms with Gasteiger partial charge in [0.1, 0.15) is 0 Å². The Morgan fingerprint density at radius 1 is 1.13 bits per heavy atom. The maximum Gasteiger partial charge on any atom is 0.240 e. The van der Waals surface area contributed by atoms with Crippen molar-refractivity contribution >= 4 is 33.2 Å². The van der Waals surface area contributed by atoms with Gasteiger partial charge in [0.25, 0.3) is 0 Å². The monoisotopic (exact) mass is 352 g/mol. The van der Waals surface area contributed by atoms with Gasteiger partial charge >= 0.3 is 0 Å². The van der Waals surface area contributed by atoms with Crippen molar-refractivity contribution in [2.75, 3.05) is 5.32 Å². The molecule has 0 unspecified atom stereocenters. The van der Waals surface area contributed by atoms with Crippen molar-refractivity contribution in [3.05, 3.63) is 58.6 Å². The number of rotatable bonds is 5. The largest absolute Gasteiger partial charge is 0.326 e. The second-order valence-corrected chi connectivity index (χ2v) is 7.29. The molecule has 0 spiro atoms. The molecule has 2 N–H and O–H groups in total. The third-order valence-electron chi connectivity index (χ3n) is 3.19. The fourth-order valence-corrected chi connectivity index (χ4v) is 3.15. The summed E-state index contributed by atoms with van der Waals surface area (Å²) in [5.74, 6) is -0.213. The van der Waals surface area contributed by atoms with Crippen LogP contribution in [0.4, 0.5) is 5.69 Å². The van der Waals surface area contributed by atoms with Gasteiger partial charge in [-0.2, -0.15) is 0 Å². The SMILES string of the molecule is CC(=O)Nc1ccc(S(=O)(=O)NCc2ccc(C)c(Cl)c2)cc1. The van der Waals surface area contributed by atoms with Crippen molar-refractivity contribution in [3.8, 4) is 0 Å². The minimum Gasteiger partial charge on any atom is -0.326 e. The van der Waals surface area contributed by atoms with Gasteiger partial charge in [-0.05, 0) is 48.4 Å².